The van der Waals surface area contributed by atoms with Gasteiger partial charge < -0.3 is 4.74 Å². The number of hydrogen-bond donors (Lipinski definition) is 1. The van der Waals surface area contributed by atoms with Gasteiger partial charge in [-0.15, -0.1) is 5.10 Å². The van der Waals surface area contributed by atoms with Crippen molar-refractivity contribution >= 4 is 23.5 Å². The zero-order valence-electron chi connectivity index (χ0n) is 12.8. The number of nitrogens with zero attached hydrogens (tertiary/aromatic N) is 2. The SMILES string of the molecule is CCCn1c(SCC(=O)C(C)(C)C(=O)OCC)n[nH]c1=O. The first-order chi connectivity index (χ1) is 9.84. The number of aromatic amines is 1. The summed E-state index contributed by atoms with van der Waals surface area (Å²) in [5, 5.41) is 6.70. The number of ether oxygens (including phenoxy) is 1. The second-order valence-corrected chi connectivity index (χ2v) is 5.96. The van der Waals surface area contributed by atoms with Gasteiger partial charge >= 0.3 is 11.7 Å². The molecular weight excluding hydrogens is 294 g/mol. The Labute approximate surface area is 127 Å². The molecule has 0 saturated heterocycles. The molecule has 1 rings (SSSR count). The van der Waals surface area contributed by atoms with Crippen LogP contribution in [0.25, 0.3) is 0 Å². The smallest absolute Gasteiger partial charge is 0.343 e. The molecule has 0 amide bonds. The molecule has 1 aromatic heterocycles. The van der Waals surface area contributed by atoms with E-state index in [9.17, 15) is 14.4 Å². The van der Waals surface area contributed by atoms with Crippen LogP contribution in [0.2, 0.25) is 0 Å². The van der Waals surface area contributed by atoms with Crippen molar-refractivity contribution in [2.75, 3.05) is 12.4 Å². The molecule has 0 aliphatic carbocycles. The average Bonchev–Trinajstić information content (AvgIpc) is 2.78. The number of nitrogens with one attached hydrogen (secondary N) is 1. The van der Waals surface area contributed by atoms with Crippen LogP contribution in [0.5, 0.6) is 0 Å². The number of carbonyl (C=O) groups excluding carboxylic acids is 2. The van der Waals surface area contributed by atoms with Gasteiger partial charge in [-0.1, -0.05) is 18.7 Å². The summed E-state index contributed by atoms with van der Waals surface area (Å²) in [5.74, 6) is -0.743. The lowest BCUT2D eigenvalue weighted by Crippen LogP contribution is -2.36. The molecule has 1 N–H and O–H groups in total. The summed E-state index contributed by atoms with van der Waals surface area (Å²) in [7, 11) is 0. The molecule has 0 bridgehead atoms. The molecule has 0 radical (unpaired) electrons. The van der Waals surface area contributed by atoms with Gasteiger partial charge in [0.05, 0.1) is 12.4 Å². The molecule has 0 aromatic carbocycles. The Kier molecular flexibility index (Phi) is 6.19. The van der Waals surface area contributed by atoms with Crippen LogP contribution in [-0.2, 0) is 20.9 Å². The highest BCUT2D eigenvalue weighted by molar-refractivity contribution is 7.99. The highest BCUT2D eigenvalue weighted by atomic mass is 32.2. The molecule has 0 spiro atoms. The summed E-state index contributed by atoms with van der Waals surface area (Å²) in [5.41, 5.74) is -1.49. The highest BCUT2D eigenvalue weighted by Gasteiger charge is 2.37. The molecule has 0 aliphatic heterocycles. The third-order valence-corrected chi connectivity index (χ3v) is 3.96. The van der Waals surface area contributed by atoms with E-state index in [0.717, 1.165) is 18.2 Å². The summed E-state index contributed by atoms with van der Waals surface area (Å²) in [6.07, 6.45) is 0.787. The van der Waals surface area contributed by atoms with Gasteiger partial charge in [-0.3, -0.25) is 14.2 Å². The lowest BCUT2D eigenvalue weighted by Gasteiger charge is -2.20. The largest absolute Gasteiger partial charge is 0.465 e. The third kappa shape index (κ3) is 4.20. The normalized spacial score (nSPS) is 11.4. The Hall–Kier alpha value is -1.57. The third-order valence-electron chi connectivity index (χ3n) is 2.99. The van der Waals surface area contributed by atoms with Crippen molar-refractivity contribution in [3.8, 4) is 0 Å². The highest BCUT2D eigenvalue weighted by Crippen LogP contribution is 2.23. The Morgan fingerprint density at radius 3 is 2.62 bits per heavy atom. The predicted molar refractivity (Wildman–Crippen MR) is 79.3 cm³/mol. The Balaban J connectivity index is 2.73. The summed E-state index contributed by atoms with van der Waals surface area (Å²) in [4.78, 5) is 35.5. The van der Waals surface area contributed by atoms with E-state index < -0.39 is 11.4 Å². The van der Waals surface area contributed by atoms with E-state index in [1.807, 2.05) is 6.92 Å². The second-order valence-electron chi connectivity index (χ2n) is 5.02. The van der Waals surface area contributed by atoms with Gasteiger partial charge in [-0.25, -0.2) is 9.89 Å². The van der Waals surface area contributed by atoms with Crippen molar-refractivity contribution in [1.82, 2.24) is 14.8 Å². The first-order valence-electron chi connectivity index (χ1n) is 6.83. The lowest BCUT2D eigenvalue weighted by molar-refractivity contribution is -0.157. The van der Waals surface area contributed by atoms with E-state index in [2.05, 4.69) is 10.2 Å². The molecule has 1 heterocycles. The molecule has 7 nitrogen and oxygen atoms in total. The topological polar surface area (TPSA) is 94.0 Å². The molecule has 0 atom stereocenters. The van der Waals surface area contributed by atoms with Crippen molar-refractivity contribution in [3.05, 3.63) is 10.5 Å². The van der Waals surface area contributed by atoms with Crippen LogP contribution < -0.4 is 5.69 Å². The van der Waals surface area contributed by atoms with E-state index in [0.29, 0.717) is 11.7 Å². The number of esters is 1. The fourth-order valence-corrected chi connectivity index (χ4v) is 2.63. The van der Waals surface area contributed by atoms with E-state index in [4.69, 9.17) is 4.74 Å². The van der Waals surface area contributed by atoms with Crippen molar-refractivity contribution < 1.29 is 14.3 Å². The van der Waals surface area contributed by atoms with Crippen LogP contribution in [0.3, 0.4) is 0 Å². The lowest BCUT2D eigenvalue weighted by atomic mass is 9.89. The molecule has 0 fully saturated rings. The van der Waals surface area contributed by atoms with Crippen LogP contribution in [0.4, 0.5) is 0 Å². The molecule has 1 aromatic rings. The van der Waals surface area contributed by atoms with E-state index in [1.54, 1.807) is 6.92 Å². The van der Waals surface area contributed by atoms with Crippen molar-refractivity contribution in [1.29, 1.82) is 0 Å². The number of Topliss-reactive ketones (excluding diaryl/α,β-unsaturated/α-hetero) is 1. The first kappa shape index (κ1) is 17.5. The Morgan fingerprint density at radius 2 is 2.05 bits per heavy atom. The summed E-state index contributed by atoms with van der Waals surface area (Å²) in [6.45, 7) is 7.49. The molecule has 0 aliphatic rings. The number of aromatic nitrogens is 3. The minimum absolute atomic E-state index is 0.0554. The van der Waals surface area contributed by atoms with E-state index >= 15 is 0 Å². The molecule has 118 valence electrons. The maximum atomic E-state index is 12.2. The number of H-pyrrole nitrogens is 1. The minimum atomic E-state index is -1.20. The van der Waals surface area contributed by atoms with Crippen LogP contribution >= 0.6 is 11.8 Å². The van der Waals surface area contributed by atoms with Crippen LogP contribution in [0, 0.1) is 5.41 Å². The number of thioether (sulfide) groups is 1. The first-order valence-corrected chi connectivity index (χ1v) is 7.81. The molecular formula is C13H21N3O4S. The van der Waals surface area contributed by atoms with Crippen LogP contribution in [0.1, 0.15) is 34.1 Å². The zero-order chi connectivity index (χ0) is 16.0. The van der Waals surface area contributed by atoms with Gasteiger partial charge in [0.25, 0.3) is 0 Å². The fraction of sp³-hybridized carbons (Fsp3) is 0.692. The van der Waals surface area contributed by atoms with Gasteiger partial charge in [0.2, 0.25) is 0 Å². The number of hydrogen-bond acceptors (Lipinski definition) is 6. The monoisotopic (exact) mass is 315 g/mol. The zero-order valence-corrected chi connectivity index (χ0v) is 13.6. The summed E-state index contributed by atoms with van der Waals surface area (Å²) in [6, 6.07) is 0. The van der Waals surface area contributed by atoms with Gasteiger partial charge in [0, 0.05) is 6.54 Å². The van der Waals surface area contributed by atoms with Crippen LogP contribution in [0.15, 0.2) is 9.95 Å². The van der Waals surface area contributed by atoms with E-state index in [1.165, 1.54) is 18.4 Å². The Bertz CT molecular complexity index is 562. The number of carbonyl (C=O) groups is 2. The van der Waals surface area contributed by atoms with Crippen molar-refractivity contribution in [2.24, 2.45) is 5.41 Å². The number of ketones is 1. The van der Waals surface area contributed by atoms with Gasteiger partial charge in [0.1, 0.15) is 5.41 Å². The molecule has 0 saturated carbocycles. The quantitative estimate of drug-likeness (QED) is 0.440. The predicted octanol–water partition coefficient (Wildman–Crippen LogP) is 1.23. The molecule has 21 heavy (non-hydrogen) atoms. The van der Waals surface area contributed by atoms with Gasteiger partial charge in [0.15, 0.2) is 10.9 Å². The summed E-state index contributed by atoms with van der Waals surface area (Å²) >= 11 is 1.14. The molecule has 8 heteroatoms. The molecule has 0 unspecified atom stereocenters. The standard InChI is InChI=1S/C13H21N3O4S/c1-5-7-16-11(19)14-15-12(16)21-8-9(17)13(3,4)10(18)20-6-2/h5-8H2,1-4H3,(H,14,19). The van der Waals surface area contributed by atoms with Crippen molar-refractivity contribution in [3.63, 3.8) is 0 Å². The Morgan fingerprint density at radius 1 is 1.38 bits per heavy atom. The van der Waals surface area contributed by atoms with Gasteiger partial charge in [-0.05, 0) is 27.2 Å². The second kappa shape index (κ2) is 7.44. The van der Waals surface area contributed by atoms with E-state index in [-0.39, 0.29) is 23.8 Å². The fourth-order valence-electron chi connectivity index (χ4n) is 1.57. The maximum absolute atomic E-state index is 12.2. The minimum Gasteiger partial charge on any atom is -0.465 e. The van der Waals surface area contributed by atoms with Crippen LogP contribution in [-0.4, -0.2) is 38.9 Å². The maximum Gasteiger partial charge on any atom is 0.343 e. The van der Waals surface area contributed by atoms with Crippen molar-refractivity contribution in [2.45, 2.75) is 45.8 Å². The average molecular weight is 315 g/mol. The summed E-state index contributed by atoms with van der Waals surface area (Å²) < 4.78 is 6.38. The number of rotatable bonds is 8. The van der Waals surface area contributed by atoms with Gasteiger partial charge in [-0.2, -0.15) is 0 Å².